The van der Waals surface area contributed by atoms with Crippen molar-refractivity contribution in [3.63, 3.8) is 0 Å². The first-order valence-corrected chi connectivity index (χ1v) is 8.01. The number of anilines is 1. The molecule has 19 heavy (non-hydrogen) atoms. The Morgan fingerprint density at radius 1 is 1.37 bits per heavy atom. The van der Waals surface area contributed by atoms with E-state index >= 15 is 0 Å². The van der Waals surface area contributed by atoms with Gasteiger partial charge in [-0.2, -0.15) is 0 Å². The van der Waals surface area contributed by atoms with Crippen molar-refractivity contribution < 1.29 is 0 Å². The summed E-state index contributed by atoms with van der Waals surface area (Å²) in [6, 6.07) is 9.49. The number of hydrogen-bond acceptors (Lipinski definition) is 3. The van der Waals surface area contributed by atoms with E-state index in [0.717, 1.165) is 12.6 Å². The van der Waals surface area contributed by atoms with Crippen LogP contribution in [0.5, 0.6) is 0 Å². The van der Waals surface area contributed by atoms with Gasteiger partial charge in [-0.3, -0.25) is 0 Å². The van der Waals surface area contributed by atoms with Gasteiger partial charge in [0.2, 0.25) is 0 Å². The molecule has 1 aliphatic rings. The van der Waals surface area contributed by atoms with E-state index in [2.05, 4.69) is 53.5 Å². The minimum Gasteiger partial charge on any atom is -0.373 e. The summed E-state index contributed by atoms with van der Waals surface area (Å²) in [4.78, 5) is 4.94. The summed E-state index contributed by atoms with van der Waals surface area (Å²) in [7, 11) is 4.49. The molecular weight excluding hydrogens is 252 g/mol. The van der Waals surface area contributed by atoms with Crippen LogP contribution in [0.2, 0.25) is 0 Å². The van der Waals surface area contributed by atoms with Crippen LogP contribution in [0.15, 0.2) is 29.6 Å². The third kappa shape index (κ3) is 2.63. The van der Waals surface area contributed by atoms with Gasteiger partial charge in [0.15, 0.2) is 0 Å². The van der Waals surface area contributed by atoms with Crippen LogP contribution in [0.4, 0.5) is 5.69 Å². The number of benzene rings is 1. The summed E-state index contributed by atoms with van der Waals surface area (Å²) in [6.45, 7) is 2.42. The van der Waals surface area contributed by atoms with Crippen molar-refractivity contribution in [3.8, 4) is 0 Å². The Bertz CT molecular complexity index is 548. The van der Waals surface area contributed by atoms with Crippen molar-refractivity contribution >= 4 is 27.1 Å². The normalized spacial score (nSPS) is 20.2. The molecule has 1 aliphatic heterocycles. The van der Waals surface area contributed by atoms with Crippen molar-refractivity contribution in [2.45, 2.75) is 25.3 Å². The SMILES string of the molecule is CN(CCC1CCCN1C)c1csc2ccccc12. The van der Waals surface area contributed by atoms with Crippen molar-refractivity contribution in [1.29, 1.82) is 0 Å². The molecule has 1 aromatic carbocycles. The maximum atomic E-state index is 2.51. The molecule has 0 radical (unpaired) electrons. The third-order valence-corrected chi connectivity index (χ3v) is 5.29. The Morgan fingerprint density at radius 3 is 3.00 bits per heavy atom. The van der Waals surface area contributed by atoms with E-state index in [1.165, 1.54) is 41.6 Å². The van der Waals surface area contributed by atoms with Crippen LogP contribution < -0.4 is 4.90 Å². The van der Waals surface area contributed by atoms with Crippen molar-refractivity contribution in [1.82, 2.24) is 4.90 Å². The molecule has 1 aromatic heterocycles. The molecule has 0 bridgehead atoms. The molecule has 0 amide bonds. The zero-order chi connectivity index (χ0) is 13.2. The van der Waals surface area contributed by atoms with E-state index in [1.807, 2.05) is 11.3 Å². The van der Waals surface area contributed by atoms with E-state index < -0.39 is 0 Å². The molecule has 1 unspecified atom stereocenters. The van der Waals surface area contributed by atoms with E-state index in [0.29, 0.717) is 0 Å². The largest absolute Gasteiger partial charge is 0.373 e. The smallest absolute Gasteiger partial charge is 0.0552 e. The highest BCUT2D eigenvalue weighted by molar-refractivity contribution is 7.17. The summed E-state index contributed by atoms with van der Waals surface area (Å²) in [5.41, 5.74) is 1.39. The van der Waals surface area contributed by atoms with Crippen molar-refractivity contribution in [2.75, 3.05) is 32.1 Å². The van der Waals surface area contributed by atoms with Gasteiger partial charge >= 0.3 is 0 Å². The Morgan fingerprint density at radius 2 is 2.21 bits per heavy atom. The average Bonchev–Trinajstić information content (AvgIpc) is 3.02. The molecule has 0 spiro atoms. The fourth-order valence-electron chi connectivity index (χ4n) is 3.07. The molecule has 1 saturated heterocycles. The van der Waals surface area contributed by atoms with Gasteiger partial charge in [-0.15, -0.1) is 11.3 Å². The molecule has 3 rings (SSSR count). The lowest BCUT2D eigenvalue weighted by Gasteiger charge is -2.24. The van der Waals surface area contributed by atoms with Gasteiger partial charge in [0, 0.05) is 35.1 Å². The highest BCUT2D eigenvalue weighted by Crippen LogP contribution is 2.32. The second-order valence-corrected chi connectivity index (χ2v) is 6.52. The molecule has 3 heteroatoms. The molecule has 0 saturated carbocycles. The number of thiophene rings is 1. The van der Waals surface area contributed by atoms with Crippen LogP contribution in [0.1, 0.15) is 19.3 Å². The standard InChI is InChI=1S/C16H22N2S/c1-17-10-5-6-13(17)9-11-18(2)15-12-19-16-8-4-3-7-14(15)16/h3-4,7-8,12-13H,5-6,9-11H2,1-2H3. The first kappa shape index (κ1) is 12.9. The summed E-state index contributed by atoms with van der Waals surface area (Å²) in [5.74, 6) is 0. The topological polar surface area (TPSA) is 6.48 Å². The van der Waals surface area contributed by atoms with Gasteiger partial charge in [-0.1, -0.05) is 18.2 Å². The lowest BCUT2D eigenvalue weighted by atomic mass is 10.1. The average molecular weight is 274 g/mol. The summed E-state index contributed by atoms with van der Waals surface area (Å²) in [5, 5.41) is 3.69. The minimum atomic E-state index is 0.785. The van der Waals surface area contributed by atoms with Gasteiger partial charge in [0.1, 0.15) is 0 Å². The molecule has 2 aromatic rings. The van der Waals surface area contributed by atoms with E-state index in [9.17, 15) is 0 Å². The van der Waals surface area contributed by atoms with Crippen LogP contribution in [0, 0.1) is 0 Å². The van der Waals surface area contributed by atoms with Gasteiger partial charge in [0.25, 0.3) is 0 Å². The fraction of sp³-hybridized carbons (Fsp3) is 0.500. The molecule has 2 heterocycles. The van der Waals surface area contributed by atoms with Crippen LogP contribution in [-0.4, -0.2) is 38.1 Å². The fourth-order valence-corrected chi connectivity index (χ4v) is 4.07. The van der Waals surface area contributed by atoms with Gasteiger partial charge < -0.3 is 9.80 Å². The van der Waals surface area contributed by atoms with Gasteiger partial charge in [-0.25, -0.2) is 0 Å². The maximum Gasteiger partial charge on any atom is 0.0552 e. The third-order valence-electron chi connectivity index (χ3n) is 4.34. The first-order chi connectivity index (χ1) is 9.25. The zero-order valence-corrected chi connectivity index (χ0v) is 12.6. The second-order valence-electron chi connectivity index (χ2n) is 5.60. The van der Waals surface area contributed by atoms with Gasteiger partial charge in [-0.05, 0) is 38.9 Å². The van der Waals surface area contributed by atoms with E-state index in [-0.39, 0.29) is 0 Å². The lowest BCUT2D eigenvalue weighted by molar-refractivity contribution is 0.298. The number of likely N-dealkylation sites (tertiary alicyclic amines) is 1. The quantitative estimate of drug-likeness (QED) is 0.836. The number of fused-ring (bicyclic) bond motifs is 1. The van der Waals surface area contributed by atoms with Crippen LogP contribution >= 0.6 is 11.3 Å². The molecule has 0 aliphatic carbocycles. The summed E-state index contributed by atoms with van der Waals surface area (Å²) >= 11 is 1.85. The predicted molar refractivity (Wildman–Crippen MR) is 85.4 cm³/mol. The monoisotopic (exact) mass is 274 g/mol. The highest BCUT2D eigenvalue weighted by atomic mass is 32.1. The highest BCUT2D eigenvalue weighted by Gasteiger charge is 2.21. The number of hydrogen-bond donors (Lipinski definition) is 0. The maximum absolute atomic E-state index is 2.51. The number of nitrogens with zero attached hydrogens (tertiary/aromatic N) is 2. The molecule has 102 valence electrons. The van der Waals surface area contributed by atoms with E-state index in [1.54, 1.807) is 0 Å². The Hall–Kier alpha value is -1.06. The minimum absolute atomic E-state index is 0.785. The van der Waals surface area contributed by atoms with Crippen LogP contribution in [0.3, 0.4) is 0 Å². The van der Waals surface area contributed by atoms with Gasteiger partial charge in [0.05, 0.1) is 5.69 Å². The second kappa shape index (κ2) is 5.51. The molecule has 0 N–H and O–H groups in total. The van der Waals surface area contributed by atoms with Crippen LogP contribution in [-0.2, 0) is 0 Å². The molecule has 1 atom stereocenters. The Kier molecular flexibility index (Phi) is 3.76. The van der Waals surface area contributed by atoms with E-state index in [4.69, 9.17) is 0 Å². The Balaban J connectivity index is 1.68. The predicted octanol–water partition coefficient (Wildman–Crippen LogP) is 3.82. The first-order valence-electron chi connectivity index (χ1n) is 7.13. The summed E-state index contributed by atoms with van der Waals surface area (Å²) < 4.78 is 1.39. The van der Waals surface area contributed by atoms with Crippen molar-refractivity contribution in [3.05, 3.63) is 29.6 Å². The molecular formula is C16H22N2S. The molecule has 2 nitrogen and oxygen atoms in total. The van der Waals surface area contributed by atoms with Crippen molar-refractivity contribution in [2.24, 2.45) is 0 Å². The van der Waals surface area contributed by atoms with Crippen LogP contribution in [0.25, 0.3) is 10.1 Å². The molecule has 1 fully saturated rings. The number of rotatable bonds is 4. The zero-order valence-electron chi connectivity index (χ0n) is 11.8. The Labute approximate surface area is 119 Å². The lowest BCUT2D eigenvalue weighted by Crippen LogP contribution is -2.30. The summed E-state index contributed by atoms with van der Waals surface area (Å²) in [6.07, 6.45) is 4.01.